The molecule has 2 aromatic heterocycles. The van der Waals surface area contributed by atoms with Crippen molar-refractivity contribution in [2.24, 2.45) is 5.92 Å². The Bertz CT molecular complexity index is 1760. The number of ether oxygens (including phenoxy) is 2. The zero-order valence-corrected chi connectivity index (χ0v) is 26.4. The lowest BCUT2D eigenvalue weighted by Gasteiger charge is -2.22. The average molecular weight is 649 g/mol. The summed E-state index contributed by atoms with van der Waals surface area (Å²) < 4.78 is 26.2. The van der Waals surface area contributed by atoms with Gasteiger partial charge < -0.3 is 20.1 Å². The lowest BCUT2D eigenvalue weighted by atomic mass is 9.95. The molecule has 0 saturated carbocycles. The third kappa shape index (κ3) is 7.35. The van der Waals surface area contributed by atoms with Gasteiger partial charge in [0.05, 0.1) is 40.4 Å². The van der Waals surface area contributed by atoms with Crippen molar-refractivity contribution in [1.29, 1.82) is 0 Å². The van der Waals surface area contributed by atoms with Gasteiger partial charge in [0.25, 0.3) is 5.91 Å². The van der Waals surface area contributed by atoms with Gasteiger partial charge >= 0.3 is 6.09 Å². The molecule has 0 spiro atoms. The van der Waals surface area contributed by atoms with Crippen LogP contribution in [0.25, 0.3) is 16.8 Å². The fraction of sp³-hybridized carbons (Fsp3) is 0.303. The van der Waals surface area contributed by atoms with Crippen LogP contribution < -0.4 is 16.0 Å². The second-order valence-corrected chi connectivity index (χ2v) is 11.4. The van der Waals surface area contributed by atoms with Crippen molar-refractivity contribution in [2.75, 3.05) is 31.0 Å². The number of hydrogen-bond acceptors (Lipinski definition) is 7. The van der Waals surface area contributed by atoms with Crippen LogP contribution in [0.3, 0.4) is 0 Å². The second-order valence-electron chi connectivity index (χ2n) is 11.0. The average Bonchev–Trinajstić information content (AvgIpc) is 3.42. The van der Waals surface area contributed by atoms with Crippen LogP contribution in [0.5, 0.6) is 0 Å². The minimum Gasteiger partial charge on any atom is -0.447 e. The van der Waals surface area contributed by atoms with Gasteiger partial charge in [-0.15, -0.1) is 0 Å². The summed E-state index contributed by atoms with van der Waals surface area (Å²) in [6.45, 7) is 3.89. The van der Waals surface area contributed by atoms with E-state index in [4.69, 9.17) is 21.1 Å². The fourth-order valence-corrected chi connectivity index (χ4v) is 5.41. The van der Waals surface area contributed by atoms with Gasteiger partial charge in [0.15, 0.2) is 5.82 Å². The Morgan fingerprint density at radius 2 is 1.96 bits per heavy atom. The molecule has 11 nitrogen and oxygen atoms in total. The van der Waals surface area contributed by atoms with E-state index in [2.05, 4.69) is 25.9 Å². The van der Waals surface area contributed by atoms with Crippen LogP contribution in [-0.2, 0) is 14.3 Å². The summed E-state index contributed by atoms with van der Waals surface area (Å²) in [5.74, 6) is -1.57. The third-order valence-electron chi connectivity index (χ3n) is 7.79. The van der Waals surface area contributed by atoms with Crippen molar-refractivity contribution in [3.63, 3.8) is 0 Å². The van der Waals surface area contributed by atoms with E-state index in [-0.39, 0.29) is 41.4 Å². The Balaban J connectivity index is 1.44. The van der Waals surface area contributed by atoms with Crippen LogP contribution in [0.1, 0.15) is 54.1 Å². The van der Waals surface area contributed by atoms with Crippen LogP contribution >= 0.6 is 11.6 Å². The largest absolute Gasteiger partial charge is 0.447 e. The molecule has 13 heteroatoms. The van der Waals surface area contributed by atoms with Crippen LogP contribution in [0, 0.1) is 18.7 Å². The number of fused-ring (bicyclic) bond motifs is 4. The number of benzene rings is 2. The quantitative estimate of drug-likeness (QED) is 0.196. The Morgan fingerprint density at radius 3 is 2.76 bits per heavy atom. The zero-order chi connectivity index (χ0) is 32.8. The number of anilines is 2. The van der Waals surface area contributed by atoms with Gasteiger partial charge in [0, 0.05) is 30.5 Å². The van der Waals surface area contributed by atoms with Crippen LogP contribution in [0.15, 0.2) is 61.1 Å². The molecule has 240 valence electrons. The van der Waals surface area contributed by atoms with E-state index in [1.54, 1.807) is 49.5 Å². The molecule has 3 heterocycles. The number of halogens is 2. The first-order valence-electron chi connectivity index (χ1n) is 14.8. The van der Waals surface area contributed by atoms with E-state index >= 15 is 0 Å². The minimum absolute atomic E-state index is 0.0341. The maximum Gasteiger partial charge on any atom is 0.411 e. The molecule has 0 saturated heterocycles. The molecule has 5 rings (SSSR count). The summed E-state index contributed by atoms with van der Waals surface area (Å²) in [6.07, 6.45) is 4.08. The molecule has 3 amide bonds. The summed E-state index contributed by atoms with van der Waals surface area (Å²) in [6, 6.07) is 13.0. The fourth-order valence-electron chi connectivity index (χ4n) is 5.24. The molecular weight excluding hydrogens is 615 g/mol. The minimum atomic E-state index is -0.646. The molecule has 0 aliphatic carbocycles. The van der Waals surface area contributed by atoms with E-state index in [0.717, 1.165) is 5.56 Å². The van der Waals surface area contributed by atoms with E-state index in [0.29, 0.717) is 47.6 Å². The lowest BCUT2D eigenvalue weighted by Crippen LogP contribution is -2.30. The first-order valence-corrected chi connectivity index (χ1v) is 15.2. The highest BCUT2D eigenvalue weighted by molar-refractivity contribution is 6.30. The normalized spacial score (nSPS) is 16.3. The predicted octanol–water partition coefficient (Wildman–Crippen LogP) is 6.46. The molecule has 1 aliphatic heterocycles. The second kappa shape index (κ2) is 14.5. The summed E-state index contributed by atoms with van der Waals surface area (Å²) in [7, 11) is 1.51. The monoisotopic (exact) mass is 648 g/mol. The topological polar surface area (TPSA) is 136 Å². The van der Waals surface area contributed by atoms with E-state index in [1.165, 1.54) is 24.1 Å². The number of nitrogens with one attached hydrogen (secondary N) is 3. The number of carbonyl (C=O) groups is 3. The number of carbonyl (C=O) groups excluding carboxylic acids is 3. The van der Waals surface area contributed by atoms with E-state index in [9.17, 15) is 18.8 Å². The molecule has 46 heavy (non-hydrogen) atoms. The maximum atomic E-state index is 14.7. The van der Waals surface area contributed by atoms with Crippen molar-refractivity contribution in [1.82, 2.24) is 19.9 Å². The Labute approximate surface area is 270 Å². The first-order chi connectivity index (χ1) is 22.2. The molecule has 3 N–H and O–H groups in total. The number of hydrogen-bond donors (Lipinski definition) is 3. The smallest absolute Gasteiger partial charge is 0.411 e. The van der Waals surface area contributed by atoms with Crippen LogP contribution in [0.4, 0.5) is 20.6 Å². The van der Waals surface area contributed by atoms with Crippen molar-refractivity contribution in [3.8, 4) is 16.8 Å². The number of pyridine rings is 1. The Kier molecular flexibility index (Phi) is 10.3. The predicted molar refractivity (Wildman–Crippen MR) is 172 cm³/mol. The number of imidazole rings is 1. The SMILES string of the molecule is COCCOC(=O)Nc1ccc2c(c1)NC(=O)[C@H](C)CCC[C@H](NC(=O)c1ncn(-c3cccc(Cl)c3F)c1C)c1cc-2ccn1. The van der Waals surface area contributed by atoms with Crippen molar-refractivity contribution in [3.05, 3.63) is 89.0 Å². The van der Waals surface area contributed by atoms with Crippen molar-refractivity contribution < 1.29 is 28.2 Å². The highest BCUT2D eigenvalue weighted by atomic mass is 35.5. The van der Waals surface area contributed by atoms with Crippen molar-refractivity contribution in [2.45, 2.75) is 39.2 Å². The lowest BCUT2D eigenvalue weighted by molar-refractivity contribution is -0.119. The maximum absolute atomic E-state index is 14.7. The number of rotatable bonds is 7. The van der Waals surface area contributed by atoms with Gasteiger partial charge in [-0.1, -0.05) is 37.1 Å². The van der Waals surface area contributed by atoms with E-state index < -0.39 is 23.9 Å². The van der Waals surface area contributed by atoms with Gasteiger partial charge in [0.1, 0.15) is 18.6 Å². The molecule has 0 fully saturated rings. The van der Waals surface area contributed by atoms with Gasteiger partial charge in [-0.25, -0.2) is 14.2 Å². The van der Waals surface area contributed by atoms with Crippen LogP contribution in [-0.4, -0.2) is 52.8 Å². The molecule has 2 bridgehead atoms. The van der Waals surface area contributed by atoms with E-state index in [1.807, 2.05) is 13.0 Å². The summed E-state index contributed by atoms with van der Waals surface area (Å²) in [5.41, 5.74) is 3.78. The van der Waals surface area contributed by atoms with Gasteiger partial charge in [-0.2, -0.15) is 0 Å². The molecule has 1 aliphatic rings. The zero-order valence-electron chi connectivity index (χ0n) is 25.6. The molecule has 2 atom stereocenters. The molecule has 4 aromatic rings. The third-order valence-corrected chi connectivity index (χ3v) is 8.08. The summed E-state index contributed by atoms with van der Waals surface area (Å²) in [4.78, 5) is 47.9. The number of amides is 3. The highest BCUT2D eigenvalue weighted by Crippen LogP contribution is 2.34. The molecule has 0 radical (unpaired) electrons. The molecular formula is C33H34ClFN6O5. The van der Waals surface area contributed by atoms with Gasteiger partial charge in [-0.05, 0) is 61.7 Å². The number of nitrogens with zero attached hydrogens (tertiary/aromatic N) is 3. The summed E-state index contributed by atoms with van der Waals surface area (Å²) >= 11 is 5.98. The van der Waals surface area contributed by atoms with Crippen molar-refractivity contribution >= 4 is 40.9 Å². The number of methoxy groups -OCH3 is 1. The van der Waals surface area contributed by atoms with Gasteiger partial charge in [-0.3, -0.25) is 24.5 Å². The van der Waals surface area contributed by atoms with Crippen LogP contribution in [0.2, 0.25) is 5.02 Å². The number of aromatic nitrogens is 3. The Hall–Kier alpha value is -4.81. The highest BCUT2D eigenvalue weighted by Gasteiger charge is 2.25. The first kappa shape index (κ1) is 32.6. The standard InChI is InChI=1S/C33H34ClFN6O5/c1-19-6-4-8-25(39-32(43)30-20(2)41(18-37-30)28-9-5-7-24(34)29(28)35)27-16-21(12-13-36-27)23-11-10-22(17-26(23)40-31(19)42)38-33(44)46-15-14-45-3/h5,7,9-13,16-19,25H,4,6,8,14-15H2,1-3H3,(H,38,44)(H,39,43)(H,40,42)/t19-,25+/m1/s1. The molecule has 2 aromatic carbocycles. The summed E-state index contributed by atoms with van der Waals surface area (Å²) in [5, 5.41) is 8.71. The Morgan fingerprint density at radius 1 is 1.13 bits per heavy atom. The molecule has 0 unspecified atom stereocenters. The van der Waals surface area contributed by atoms with Gasteiger partial charge in [0.2, 0.25) is 5.91 Å².